The molecular weight excluding hydrogens is 168 g/mol. The highest BCUT2D eigenvalue weighted by atomic mass is 14.5. The monoisotopic (exact) mass is 194 g/mol. The van der Waals surface area contributed by atoms with E-state index >= 15 is 0 Å². The third kappa shape index (κ3) is 1.85. The molecule has 2 saturated carbocycles. The normalized spacial score (nSPS) is 42.6. The van der Waals surface area contributed by atoms with Crippen LogP contribution in [0.2, 0.25) is 0 Å². The van der Waals surface area contributed by atoms with Crippen LogP contribution in [0, 0.1) is 23.2 Å². The van der Waals surface area contributed by atoms with Crippen molar-refractivity contribution in [1.29, 1.82) is 0 Å². The van der Waals surface area contributed by atoms with Crippen LogP contribution in [0.15, 0.2) is 0 Å². The molecule has 0 aromatic rings. The van der Waals surface area contributed by atoms with Gasteiger partial charge in [0.05, 0.1) is 0 Å². The van der Waals surface area contributed by atoms with E-state index in [0.29, 0.717) is 0 Å². The van der Waals surface area contributed by atoms with Crippen molar-refractivity contribution in [2.45, 2.75) is 65.7 Å². The van der Waals surface area contributed by atoms with Crippen molar-refractivity contribution in [3.8, 4) is 0 Å². The first-order chi connectivity index (χ1) is 6.62. The fourth-order valence-corrected chi connectivity index (χ4v) is 3.80. The van der Waals surface area contributed by atoms with Crippen molar-refractivity contribution in [3.63, 3.8) is 0 Å². The van der Waals surface area contributed by atoms with Gasteiger partial charge in [0, 0.05) is 0 Å². The van der Waals surface area contributed by atoms with Crippen LogP contribution in [0.25, 0.3) is 0 Å². The van der Waals surface area contributed by atoms with E-state index < -0.39 is 0 Å². The average molecular weight is 194 g/mol. The Bertz CT molecular complexity index is 178. The quantitative estimate of drug-likeness (QED) is 0.570. The van der Waals surface area contributed by atoms with E-state index in [1.807, 2.05) is 0 Å². The molecule has 0 amide bonds. The van der Waals surface area contributed by atoms with Gasteiger partial charge in [-0.3, -0.25) is 0 Å². The number of rotatable bonds is 1. The van der Waals surface area contributed by atoms with E-state index in [1.54, 1.807) is 0 Å². The Morgan fingerprint density at radius 2 is 1.36 bits per heavy atom. The van der Waals surface area contributed by atoms with Crippen LogP contribution in [0.3, 0.4) is 0 Å². The van der Waals surface area contributed by atoms with Gasteiger partial charge in [0.15, 0.2) is 0 Å². The summed E-state index contributed by atoms with van der Waals surface area (Å²) in [6.07, 6.45) is 10.5. The lowest BCUT2D eigenvalue weighted by Crippen LogP contribution is -2.28. The van der Waals surface area contributed by atoms with Gasteiger partial charge in [-0.25, -0.2) is 0 Å². The molecule has 0 bridgehead atoms. The molecule has 2 unspecified atom stereocenters. The summed E-state index contributed by atoms with van der Waals surface area (Å²) < 4.78 is 0. The lowest BCUT2D eigenvalue weighted by molar-refractivity contribution is 0.118. The highest BCUT2D eigenvalue weighted by Crippen LogP contribution is 2.51. The van der Waals surface area contributed by atoms with Crippen LogP contribution in [-0.2, 0) is 0 Å². The Hall–Kier alpha value is 0. The molecule has 2 aliphatic carbocycles. The van der Waals surface area contributed by atoms with Crippen molar-refractivity contribution in [2.24, 2.45) is 23.2 Å². The van der Waals surface area contributed by atoms with Gasteiger partial charge in [0.2, 0.25) is 0 Å². The van der Waals surface area contributed by atoms with E-state index in [4.69, 9.17) is 0 Å². The van der Waals surface area contributed by atoms with Crippen LogP contribution in [-0.4, -0.2) is 0 Å². The Morgan fingerprint density at radius 1 is 0.857 bits per heavy atom. The second-order valence-electron chi connectivity index (χ2n) is 6.34. The zero-order valence-corrected chi connectivity index (χ0v) is 10.2. The van der Waals surface area contributed by atoms with E-state index in [2.05, 4.69) is 20.8 Å². The first-order valence-electron chi connectivity index (χ1n) is 6.62. The topological polar surface area (TPSA) is 0 Å². The first kappa shape index (κ1) is 10.5. The highest BCUT2D eigenvalue weighted by molar-refractivity contribution is 4.91. The SMILES string of the molecule is CC1CC(C2(C)CCCCC2)CC1C. The van der Waals surface area contributed by atoms with Crippen molar-refractivity contribution in [3.05, 3.63) is 0 Å². The molecule has 0 aromatic carbocycles. The summed E-state index contributed by atoms with van der Waals surface area (Å²) >= 11 is 0. The van der Waals surface area contributed by atoms with Gasteiger partial charge in [-0.2, -0.15) is 0 Å². The van der Waals surface area contributed by atoms with Crippen molar-refractivity contribution < 1.29 is 0 Å². The van der Waals surface area contributed by atoms with Gasteiger partial charge >= 0.3 is 0 Å². The smallest absolute Gasteiger partial charge is 0.0297 e. The minimum Gasteiger partial charge on any atom is -0.0622 e. The summed E-state index contributed by atoms with van der Waals surface area (Å²) in [4.78, 5) is 0. The fourth-order valence-electron chi connectivity index (χ4n) is 3.80. The van der Waals surface area contributed by atoms with E-state index in [1.165, 1.54) is 44.9 Å². The molecule has 0 spiro atoms. The summed E-state index contributed by atoms with van der Waals surface area (Å²) in [5.41, 5.74) is 0.720. The predicted molar refractivity (Wildman–Crippen MR) is 62.2 cm³/mol. The molecule has 2 atom stereocenters. The van der Waals surface area contributed by atoms with Crippen molar-refractivity contribution in [1.82, 2.24) is 0 Å². The molecule has 2 fully saturated rings. The third-order valence-electron chi connectivity index (χ3n) is 5.27. The maximum Gasteiger partial charge on any atom is -0.0297 e. The molecule has 82 valence electrons. The van der Waals surface area contributed by atoms with E-state index in [9.17, 15) is 0 Å². The molecule has 0 heterocycles. The Balaban J connectivity index is 2.00. The molecule has 14 heavy (non-hydrogen) atoms. The minimum absolute atomic E-state index is 0.720. The number of hydrogen-bond donors (Lipinski definition) is 0. The Labute approximate surface area is 89.5 Å². The molecule has 2 aliphatic rings. The standard InChI is InChI=1S/C14H26/c1-11-9-13(10-12(11)2)14(3)7-5-4-6-8-14/h11-13H,4-10H2,1-3H3. The molecular formula is C14H26. The second-order valence-corrected chi connectivity index (χ2v) is 6.34. The summed E-state index contributed by atoms with van der Waals surface area (Å²) in [7, 11) is 0. The summed E-state index contributed by atoms with van der Waals surface area (Å²) in [6, 6.07) is 0. The second kappa shape index (κ2) is 3.87. The average Bonchev–Trinajstić information content (AvgIpc) is 2.49. The molecule has 2 rings (SSSR count). The molecule has 0 radical (unpaired) electrons. The number of hydrogen-bond acceptors (Lipinski definition) is 0. The third-order valence-corrected chi connectivity index (χ3v) is 5.27. The van der Waals surface area contributed by atoms with Gasteiger partial charge in [0.25, 0.3) is 0 Å². The van der Waals surface area contributed by atoms with E-state index in [-0.39, 0.29) is 0 Å². The van der Waals surface area contributed by atoms with Gasteiger partial charge < -0.3 is 0 Å². The van der Waals surface area contributed by atoms with Crippen LogP contribution in [0.5, 0.6) is 0 Å². The molecule has 0 saturated heterocycles. The highest BCUT2D eigenvalue weighted by Gasteiger charge is 2.41. The molecule has 0 aliphatic heterocycles. The van der Waals surface area contributed by atoms with Gasteiger partial charge in [0.1, 0.15) is 0 Å². The summed E-state index contributed by atoms with van der Waals surface area (Å²) in [5, 5.41) is 0. The zero-order valence-electron chi connectivity index (χ0n) is 10.2. The largest absolute Gasteiger partial charge is 0.0622 e. The molecule has 0 aromatic heterocycles. The zero-order chi connectivity index (χ0) is 10.2. The summed E-state index contributed by atoms with van der Waals surface area (Å²) in [5.74, 6) is 3.02. The Morgan fingerprint density at radius 3 is 1.86 bits per heavy atom. The molecule has 0 nitrogen and oxygen atoms in total. The lowest BCUT2D eigenvalue weighted by Gasteiger charge is -2.39. The predicted octanol–water partition coefficient (Wildman–Crippen LogP) is 4.64. The van der Waals surface area contributed by atoms with E-state index in [0.717, 1.165) is 23.2 Å². The van der Waals surface area contributed by atoms with Crippen molar-refractivity contribution in [2.75, 3.05) is 0 Å². The first-order valence-corrected chi connectivity index (χ1v) is 6.62. The lowest BCUT2D eigenvalue weighted by atomic mass is 9.66. The minimum atomic E-state index is 0.720. The van der Waals surface area contributed by atoms with Gasteiger partial charge in [-0.05, 0) is 48.9 Å². The van der Waals surface area contributed by atoms with Gasteiger partial charge in [-0.1, -0.05) is 40.0 Å². The van der Waals surface area contributed by atoms with Crippen LogP contribution in [0.4, 0.5) is 0 Å². The fraction of sp³-hybridized carbons (Fsp3) is 1.00. The van der Waals surface area contributed by atoms with Gasteiger partial charge in [-0.15, -0.1) is 0 Å². The van der Waals surface area contributed by atoms with Crippen LogP contribution in [0.1, 0.15) is 65.7 Å². The summed E-state index contributed by atoms with van der Waals surface area (Å²) in [6.45, 7) is 7.48. The molecule has 0 N–H and O–H groups in total. The maximum absolute atomic E-state index is 2.57. The maximum atomic E-state index is 2.57. The van der Waals surface area contributed by atoms with Crippen LogP contribution >= 0.6 is 0 Å². The van der Waals surface area contributed by atoms with Crippen molar-refractivity contribution >= 4 is 0 Å². The van der Waals surface area contributed by atoms with Crippen LogP contribution < -0.4 is 0 Å². The molecule has 0 heteroatoms. The Kier molecular flexibility index (Phi) is 2.91.